The van der Waals surface area contributed by atoms with Crippen molar-refractivity contribution in [3.05, 3.63) is 71.8 Å². The van der Waals surface area contributed by atoms with Gasteiger partial charge in [0.15, 0.2) is 0 Å². The Balaban J connectivity index is 1.39. The molecule has 3 amide bonds. The molecule has 182 valence electrons. The summed E-state index contributed by atoms with van der Waals surface area (Å²) in [5.74, 6) is -1.09. The van der Waals surface area contributed by atoms with Crippen LogP contribution in [0.15, 0.2) is 65.6 Å². The van der Waals surface area contributed by atoms with Gasteiger partial charge >= 0.3 is 0 Å². The third kappa shape index (κ3) is 5.26. The van der Waals surface area contributed by atoms with E-state index in [-0.39, 0.29) is 42.0 Å². The van der Waals surface area contributed by atoms with Crippen molar-refractivity contribution in [3.63, 3.8) is 0 Å². The lowest BCUT2D eigenvalue weighted by molar-refractivity contribution is -0.116. The van der Waals surface area contributed by atoms with Crippen molar-refractivity contribution < 1.29 is 22.8 Å². The molecule has 4 rings (SSSR count). The van der Waals surface area contributed by atoms with Crippen LogP contribution in [0, 0.1) is 0 Å². The molecule has 0 fully saturated rings. The van der Waals surface area contributed by atoms with Crippen molar-refractivity contribution in [3.8, 4) is 0 Å². The molecule has 1 aliphatic heterocycles. The number of carbonyl (C=O) groups excluding carboxylic acids is 3. The summed E-state index contributed by atoms with van der Waals surface area (Å²) in [5, 5.41) is 4.19. The molecule has 0 spiro atoms. The second kappa shape index (κ2) is 9.24. The molecule has 9 heteroatoms. The van der Waals surface area contributed by atoms with Crippen molar-refractivity contribution in [2.75, 3.05) is 11.9 Å². The highest BCUT2D eigenvalue weighted by Crippen LogP contribution is 2.30. The molecule has 1 aliphatic rings. The monoisotopic (exact) mass is 493 g/mol. The van der Waals surface area contributed by atoms with Crippen LogP contribution < -0.4 is 10.0 Å². The van der Waals surface area contributed by atoms with E-state index in [9.17, 15) is 22.8 Å². The van der Waals surface area contributed by atoms with Gasteiger partial charge in [0, 0.05) is 40.7 Å². The third-order valence-electron chi connectivity index (χ3n) is 5.51. The van der Waals surface area contributed by atoms with Gasteiger partial charge in [0.05, 0.1) is 4.90 Å². The number of sulfonamides is 1. The second-order valence-corrected chi connectivity index (χ2v) is 11.2. The van der Waals surface area contributed by atoms with Gasteiger partial charge in [0.2, 0.25) is 15.9 Å². The number of nitrogens with zero attached hydrogens (tertiary/aromatic N) is 1. The molecule has 0 atom stereocenters. The lowest BCUT2D eigenvalue weighted by Crippen LogP contribution is -2.41. The fraction of sp³-hybridized carbons (Fsp3) is 0.269. The van der Waals surface area contributed by atoms with Gasteiger partial charge in [-0.3, -0.25) is 19.3 Å². The summed E-state index contributed by atoms with van der Waals surface area (Å²) in [6.07, 6.45) is 0.325. The summed E-state index contributed by atoms with van der Waals surface area (Å²) < 4.78 is 27.7. The minimum absolute atomic E-state index is 0.0441. The molecular formula is C26H27N3O5S. The molecule has 0 saturated heterocycles. The van der Waals surface area contributed by atoms with E-state index in [1.54, 1.807) is 57.2 Å². The molecule has 2 N–H and O–H groups in total. The molecule has 3 aromatic carbocycles. The van der Waals surface area contributed by atoms with E-state index in [4.69, 9.17) is 0 Å². The average Bonchev–Trinajstić information content (AvgIpc) is 2.78. The Labute approximate surface area is 204 Å². The highest BCUT2D eigenvalue weighted by molar-refractivity contribution is 7.89. The minimum Gasteiger partial charge on any atom is -0.326 e. The van der Waals surface area contributed by atoms with E-state index in [2.05, 4.69) is 10.0 Å². The van der Waals surface area contributed by atoms with Gasteiger partial charge in [-0.25, -0.2) is 13.1 Å². The Morgan fingerprint density at radius 3 is 2.11 bits per heavy atom. The fourth-order valence-electron chi connectivity index (χ4n) is 4.11. The zero-order chi connectivity index (χ0) is 25.4. The Morgan fingerprint density at radius 1 is 0.914 bits per heavy atom. The first-order valence-corrected chi connectivity index (χ1v) is 12.8. The lowest BCUT2D eigenvalue weighted by atomic mass is 9.94. The van der Waals surface area contributed by atoms with Crippen LogP contribution >= 0.6 is 0 Å². The van der Waals surface area contributed by atoms with Gasteiger partial charge < -0.3 is 5.32 Å². The molecule has 0 aromatic heterocycles. The van der Waals surface area contributed by atoms with Crippen molar-refractivity contribution in [1.29, 1.82) is 0 Å². The quantitative estimate of drug-likeness (QED) is 0.484. The van der Waals surface area contributed by atoms with Crippen molar-refractivity contribution in [2.45, 2.75) is 44.0 Å². The normalized spacial score (nSPS) is 13.9. The fourth-order valence-corrected chi connectivity index (χ4v) is 5.57. The second-order valence-electron chi connectivity index (χ2n) is 9.51. The predicted octanol–water partition coefficient (Wildman–Crippen LogP) is 3.93. The molecule has 0 saturated carbocycles. The zero-order valence-electron chi connectivity index (χ0n) is 19.8. The number of anilines is 1. The SMILES string of the molecule is CC(C)(C)NS(=O)(=O)c1cccc(NC(=O)CCCN2C(=O)c3cccc4cccc(c34)C2=O)c1. The first-order valence-electron chi connectivity index (χ1n) is 11.3. The molecule has 0 radical (unpaired) electrons. The van der Waals surface area contributed by atoms with Crippen molar-refractivity contribution in [1.82, 2.24) is 9.62 Å². The molecule has 3 aromatic rings. The van der Waals surface area contributed by atoms with Crippen LogP contribution in [0.5, 0.6) is 0 Å². The van der Waals surface area contributed by atoms with Gasteiger partial charge in [-0.15, -0.1) is 0 Å². The van der Waals surface area contributed by atoms with Gasteiger partial charge in [0.25, 0.3) is 11.8 Å². The van der Waals surface area contributed by atoms with Gasteiger partial charge in [-0.1, -0.05) is 30.3 Å². The van der Waals surface area contributed by atoms with Gasteiger partial charge in [0.1, 0.15) is 0 Å². The number of rotatable bonds is 7. The number of carbonyl (C=O) groups is 3. The Kier molecular flexibility index (Phi) is 6.48. The largest absolute Gasteiger partial charge is 0.326 e. The Morgan fingerprint density at radius 2 is 1.51 bits per heavy atom. The van der Waals surface area contributed by atoms with E-state index >= 15 is 0 Å². The molecule has 35 heavy (non-hydrogen) atoms. The van der Waals surface area contributed by atoms with E-state index in [1.807, 2.05) is 12.1 Å². The summed E-state index contributed by atoms with van der Waals surface area (Å²) in [5.41, 5.74) is 0.651. The van der Waals surface area contributed by atoms with E-state index in [0.29, 0.717) is 22.2 Å². The first kappa shape index (κ1) is 24.6. The first-order chi connectivity index (χ1) is 16.5. The van der Waals surface area contributed by atoms with Crippen LogP contribution in [-0.4, -0.2) is 43.1 Å². The Bertz CT molecular complexity index is 1390. The summed E-state index contributed by atoms with van der Waals surface area (Å²) in [6.45, 7) is 5.33. The molecule has 1 heterocycles. The standard InChI is InChI=1S/C26H27N3O5S/c1-26(2,3)28-35(33,34)19-11-6-10-18(16-19)27-22(30)14-7-15-29-24(31)20-12-4-8-17-9-5-13-21(23(17)20)25(29)32/h4-6,8-13,16,28H,7,14-15H2,1-3H3,(H,27,30). The number of benzene rings is 3. The topological polar surface area (TPSA) is 113 Å². The predicted molar refractivity (Wildman–Crippen MR) is 134 cm³/mol. The van der Waals surface area contributed by atoms with Crippen molar-refractivity contribution in [2.24, 2.45) is 0 Å². The van der Waals surface area contributed by atoms with E-state index in [1.165, 1.54) is 17.0 Å². The van der Waals surface area contributed by atoms with Crippen LogP contribution in [0.3, 0.4) is 0 Å². The summed E-state index contributed by atoms with van der Waals surface area (Å²) in [6, 6.07) is 16.7. The summed E-state index contributed by atoms with van der Waals surface area (Å²) in [4.78, 5) is 39.6. The highest BCUT2D eigenvalue weighted by Gasteiger charge is 2.32. The van der Waals surface area contributed by atoms with Crippen LogP contribution in [-0.2, 0) is 14.8 Å². The molecule has 0 bridgehead atoms. The molecule has 0 aliphatic carbocycles. The van der Waals surface area contributed by atoms with Crippen molar-refractivity contribution >= 4 is 44.2 Å². The maximum atomic E-state index is 13.0. The van der Waals surface area contributed by atoms with E-state index < -0.39 is 15.6 Å². The maximum absolute atomic E-state index is 13.0. The maximum Gasteiger partial charge on any atom is 0.261 e. The smallest absolute Gasteiger partial charge is 0.261 e. The van der Waals surface area contributed by atoms with Crippen LogP contribution in [0.1, 0.15) is 54.3 Å². The lowest BCUT2D eigenvalue weighted by Gasteiger charge is -2.27. The Hall–Kier alpha value is -3.56. The summed E-state index contributed by atoms with van der Waals surface area (Å²) >= 11 is 0. The highest BCUT2D eigenvalue weighted by atomic mass is 32.2. The number of hydrogen-bond donors (Lipinski definition) is 2. The van der Waals surface area contributed by atoms with Gasteiger partial charge in [-0.05, 0) is 62.9 Å². The van der Waals surface area contributed by atoms with Crippen LogP contribution in [0.4, 0.5) is 5.69 Å². The number of nitrogens with one attached hydrogen (secondary N) is 2. The number of hydrogen-bond acceptors (Lipinski definition) is 5. The van der Waals surface area contributed by atoms with Gasteiger partial charge in [-0.2, -0.15) is 0 Å². The van der Waals surface area contributed by atoms with Crippen LogP contribution in [0.2, 0.25) is 0 Å². The minimum atomic E-state index is -3.74. The average molecular weight is 494 g/mol. The molecular weight excluding hydrogens is 466 g/mol. The molecule has 8 nitrogen and oxygen atoms in total. The number of imide groups is 1. The number of amides is 3. The summed E-state index contributed by atoms with van der Waals surface area (Å²) in [7, 11) is -3.74. The van der Waals surface area contributed by atoms with Crippen LogP contribution in [0.25, 0.3) is 10.8 Å². The van der Waals surface area contributed by atoms with E-state index in [0.717, 1.165) is 5.39 Å². The zero-order valence-corrected chi connectivity index (χ0v) is 20.6. The third-order valence-corrected chi connectivity index (χ3v) is 7.27. The molecule has 0 unspecified atom stereocenters.